The average molecular weight is 468 g/mol. The monoisotopic (exact) mass is 467 g/mol. The van der Waals surface area contributed by atoms with Crippen LogP contribution >= 0.6 is 0 Å². The van der Waals surface area contributed by atoms with E-state index in [-0.39, 0.29) is 17.5 Å². The molecule has 0 atom stereocenters. The molecule has 2 aromatic rings. The van der Waals surface area contributed by atoms with Crippen molar-refractivity contribution in [1.82, 2.24) is 14.8 Å². The standard InChI is InChI=1S/C25H30FN5O3/c1-5-30(6-2)9-10-31-8-7-19-23(25(31)34)14(3)20(28-19)12-17-16-11-18(26)22(27-15(4)32)13-21(16)29-24(17)33/h11-13,28H,5-10H2,1-4H3,(H,27,32)(H,29,33). The van der Waals surface area contributed by atoms with E-state index in [4.69, 9.17) is 0 Å². The number of aromatic nitrogens is 1. The Morgan fingerprint density at radius 1 is 1.26 bits per heavy atom. The number of carbonyl (C=O) groups excluding carboxylic acids is 3. The van der Waals surface area contributed by atoms with Gasteiger partial charge in [-0.25, -0.2) is 4.39 Å². The highest BCUT2D eigenvalue weighted by molar-refractivity contribution is 6.35. The SMILES string of the molecule is CCN(CC)CCN1CCc2[nH]c(C=C3C(=O)Nc4cc(NC(C)=O)c(F)cc43)c(C)c2C1=O. The summed E-state index contributed by atoms with van der Waals surface area (Å²) in [5.74, 6) is -1.40. The highest BCUT2D eigenvalue weighted by Gasteiger charge is 2.31. The third-order valence-electron chi connectivity index (χ3n) is 6.57. The van der Waals surface area contributed by atoms with Gasteiger partial charge in [0.05, 0.1) is 22.5 Å². The molecule has 0 radical (unpaired) electrons. The Morgan fingerprint density at radius 2 is 2.00 bits per heavy atom. The average Bonchev–Trinajstić information content (AvgIpc) is 3.27. The minimum Gasteiger partial charge on any atom is -0.358 e. The van der Waals surface area contributed by atoms with Crippen molar-refractivity contribution >= 4 is 40.7 Å². The van der Waals surface area contributed by atoms with Crippen LogP contribution < -0.4 is 10.6 Å². The molecule has 1 aromatic carbocycles. The number of rotatable bonds is 7. The Kier molecular flexibility index (Phi) is 6.56. The first-order valence-electron chi connectivity index (χ1n) is 11.6. The van der Waals surface area contributed by atoms with E-state index in [1.165, 1.54) is 19.1 Å². The summed E-state index contributed by atoms with van der Waals surface area (Å²) in [6, 6.07) is 2.65. The van der Waals surface area contributed by atoms with Crippen LogP contribution in [0.15, 0.2) is 12.1 Å². The van der Waals surface area contributed by atoms with Crippen molar-refractivity contribution in [3.63, 3.8) is 0 Å². The molecular weight excluding hydrogens is 437 g/mol. The van der Waals surface area contributed by atoms with Gasteiger partial charge in [-0.1, -0.05) is 13.8 Å². The third-order valence-corrected chi connectivity index (χ3v) is 6.57. The number of fused-ring (bicyclic) bond motifs is 2. The van der Waals surface area contributed by atoms with Gasteiger partial charge in [-0.05, 0) is 43.8 Å². The predicted molar refractivity (Wildman–Crippen MR) is 130 cm³/mol. The summed E-state index contributed by atoms with van der Waals surface area (Å²) in [5.41, 5.74) is 4.10. The first-order valence-corrected chi connectivity index (χ1v) is 11.6. The number of nitrogens with one attached hydrogen (secondary N) is 3. The number of hydrogen-bond acceptors (Lipinski definition) is 4. The second-order valence-corrected chi connectivity index (χ2v) is 8.66. The van der Waals surface area contributed by atoms with Gasteiger partial charge in [-0.2, -0.15) is 0 Å². The largest absolute Gasteiger partial charge is 0.358 e. The topological polar surface area (TPSA) is 97.5 Å². The first kappa shape index (κ1) is 23.7. The van der Waals surface area contributed by atoms with Crippen LogP contribution in [0.25, 0.3) is 11.6 Å². The zero-order valence-corrected chi connectivity index (χ0v) is 20.0. The number of aromatic amines is 1. The number of halogens is 1. The molecule has 2 aliphatic heterocycles. The fourth-order valence-corrected chi connectivity index (χ4v) is 4.61. The number of carbonyl (C=O) groups is 3. The lowest BCUT2D eigenvalue weighted by atomic mass is 10.0. The normalized spacial score (nSPS) is 16.2. The molecule has 0 aliphatic carbocycles. The van der Waals surface area contributed by atoms with Crippen LogP contribution in [0.2, 0.25) is 0 Å². The summed E-state index contributed by atoms with van der Waals surface area (Å²) >= 11 is 0. The van der Waals surface area contributed by atoms with Crippen molar-refractivity contribution in [3.05, 3.63) is 46.0 Å². The van der Waals surface area contributed by atoms with Crippen LogP contribution in [0.4, 0.5) is 15.8 Å². The predicted octanol–water partition coefficient (Wildman–Crippen LogP) is 3.25. The zero-order chi connectivity index (χ0) is 24.6. The summed E-state index contributed by atoms with van der Waals surface area (Å²) < 4.78 is 14.5. The second kappa shape index (κ2) is 9.42. The van der Waals surface area contributed by atoms with Gasteiger partial charge in [0.15, 0.2) is 0 Å². The van der Waals surface area contributed by atoms with Crippen LogP contribution in [0.1, 0.15) is 53.6 Å². The molecule has 0 saturated heterocycles. The highest BCUT2D eigenvalue weighted by atomic mass is 19.1. The summed E-state index contributed by atoms with van der Waals surface area (Å²) in [6.07, 6.45) is 2.38. The fourth-order valence-electron chi connectivity index (χ4n) is 4.61. The molecule has 1 aromatic heterocycles. The highest BCUT2D eigenvalue weighted by Crippen LogP contribution is 2.37. The van der Waals surface area contributed by atoms with E-state index in [0.717, 1.165) is 30.9 Å². The maximum absolute atomic E-state index is 14.5. The quantitative estimate of drug-likeness (QED) is 0.545. The second-order valence-electron chi connectivity index (χ2n) is 8.66. The smallest absolute Gasteiger partial charge is 0.256 e. The third kappa shape index (κ3) is 4.35. The van der Waals surface area contributed by atoms with Crippen LogP contribution in [0.3, 0.4) is 0 Å². The van der Waals surface area contributed by atoms with Gasteiger partial charge in [0.25, 0.3) is 11.8 Å². The number of likely N-dealkylation sites (N-methyl/N-ethyl adjacent to an activating group) is 1. The first-order chi connectivity index (χ1) is 16.2. The molecule has 8 nitrogen and oxygen atoms in total. The summed E-state index contributed by atoms with van der Waals surface area (Å²) in [5, 5.41) is 5.15. The minimum absolute atomic E-state index is 0.00549. The molecule has 3 amide bonds. The maximum Gasteiger partial charge on any atom is 0.256 e. The van der Waals surface area contributed by atoms with Crippen molar-refractivity contribution in [2.45, 2.75) is 34.1 Å². The molecule has 34 heavy (non-hydrogen) atoms. The fraction of sp³-hybridized carbons (Fsp3) is 0.400. The van der Waals surface area contributed by atoms with E-state index in [1.54, 1.807) is 6.08 Å². The molecule has 2 aliphatic rings. The van der Waals surface area contributed by atoms with Gasteiger partial charge in [0, 0.05) is 49.9 Å². The lowest BCUT2D eigenvalue weighted by molar-refractivity contribution is -0.114. The number of H-pyrrole nitrogens is 1. The van der Waals surface area contributed by atoms with Crippen LogP contribution in [0.5, 0.6) is 0 Å². The van der Waals surface area contributed by atoms with Crippen LogP contribution in [0, 0.1) is 12.7 Å². The van der Waals surface area contributed by atoms with E-state index in [0.29, 0.717) is 47.6 Å². The molecule has 0 saturated carbocycles. The molecule has 180 valence electrons. The van der Waals surface area contributed by atoms with E-state index in [9.17, 15) is 18.8 Å². The van der Waals surface area contributed by atoms with Gasteiger partial charge in [0.1, 0.15) is 5.82 Å². The number of hydrogen-bond donors (Lipinski definition) is 3. The van der Waals surface area contributed by atoms with Crippen molar-refractivity contribution in [2.24, 2.45) is 0 Å². The van der Waals surface area contributed by atoms with Crippen molar-refractivity contribution in [1.29, 1.82) is 0 Å². The molecular formula is C25H30FN5O3. The van der Waals surface area contributed by atoms with Crippen molar-refractivity contribution in [3.8, 4) is 0 Å². The zero-order valence-electron chi connectivity index (χ0n) is 20.0. The summed E-state index contributed by atoms with van der Waals surface area (Å²) in [7, 11) is 0. The summed E-state index contributed by atoms with van der Waals surface area (Å²) in [6.45, 7) is 11.4. The van der Waals surface area contributed by atoms with Gasteiger partial charge in [0.2, 0.25) is 5.91 Å². The number of benzene rings is 1. The van der Waals surface area contributed by atoms with E-state index in [1.807, 2.05) is 11.8 Å². The molecule has 0 spiro atoms. The van der Waals surface area contributed by atoms with Crippen molar-refractivity contribution < 1.29 is 18.8 Å². The van der Waals surface area contributed by atoms with Crippen molar-refractivity contribution in [2.75, 3.05) is 43.4 Å². The Bertz CT molecular complexity index is 1200. The van der Waals surface area contributed by atoms with Gasteiger partial charge in [-0.15, -0.1) is 0 Å². The summed E-state index contributed by atoms with van der Waals surface area (Å²) in [4.78, 5) is 44.7. The van der Waals surface area contributed by atoms with Gasteiger partial charge in [-0.3, -0.25) is 14.4 Å². The Hall–Kier alpha value is -3.46. The molecule has 4 rings (SSSR count). The molecule has 0 fully saturated rings. The number of anilines is 2. The van der Waals surface area contributed by atoms with Crippen LogP contribution in [-0.2, 0) is 16.0 Å². The number of amides is 3. The molecule has 9 heteroatoms. The van der Waals surface area contributed by atoms with E-state index < -0.39 is 11.7 Å². The minimum atomic E-state index is -0.627. The van der Waals surface area contributed by atoms with E-state index in [2.05, 4.69) is 34.4 Å². The number of nitrogens with zero attached hydrogens (tertiary/aromatic N) is 2. The van der Waals surface area contributed by atoms with E-state index >= 15 is 0 Å². The Balaban J connectivity index is 1.63. The molecule has 3 N–H and O–H groups in total. The maximum atomic E-state index is 14.5. The Labute approximate surface area is 198 Å². The molecule has 0 unspecified atom stereocenters. The molecule has 3 heterocycles. The van der Waals surface area contributed by atoms with Gasteiger partial charge < -0.3 is 25.4 Å². The lowest BCUT2D eigenvalue weighted by Gasteiger charge is -2.29. The lowest BCUT2D eigenvalue weighted by Crippen LogP contribution is -2.42. The Morgan fingerprint density at radius 3 is 2.68 bits per heavy atom. The molecule has 0 bridgehead atoms. The van der Waals surface area contributed by atoms with Gasteiger partial charge >= 0.3 is 0 Å². The van der Waals surface area contributed by atoms with Crippen LogP contribution in [-0.4, -0.2) is 65.2 Å².